The number of hydrogen-bond acceptors (Lipinski definition) is 5. The summed E-state index contributed by atoms with van der Waals surface area (Å²) >= 11 is 3.49. The molecule has 1 saturated carbocycles. The first-order valence-electron chi connectivity index (χ1n) is 11.4. The zero-order valence-electron chi connectivity index (χ0n) is 19.5. The van der Waals surface area contributed by atoms with E-state index >= 15 is 0 Å². The molecule has 1 amide bonds. The highest BCUT2D eigenvalue weighted by Gasteiger charge is 2.36. The van der Waals surface area contributed by atoms with Gasteiger partial charge in [0.05, 0.1) is 5.92 Å². The van der Waals surface area contributed by atoms with E-state index in [0.717, 1.165) is 32.4 Å². The van der Waals surface area contributed by atoms with Crippen molar-refractivity contribution >= 4 is 55.3 Å². The van der Waals surface area contributed by atoms with Gasteiger partial charge in [-0.25, -0.2) is 4.79 Å². The topological polar surface area (TPSA) is 81.7 Å². The number of fused-ring (bicyclic) bond motifs is 3. The van der Waals surface area contributed by atoms with E-state index in [1.165, 1.54) is 0 Å². The summed E-state index contributed by atoms with van der Waals surface area (Å²) in [7, 11) is 0. The van der Waals surface area contributed by atoms with Gasteiger partial charge in [-0.1, -0.05) is 52.7 Å². The number of Topliss-reactive ketones (excluding diaryl/α,β-unsaturated/α-hetero) is 1. The van der Waals surface area contributed by atoms with Crippen molar-refractivity contribution in [2.75, 3.05) is 6.61 Å². The van der Waals surface area contributed by atoms with Crippen LogP contribution < -0.4 is 5.32 Å². The van der Waals surface area contributed by atoms with E-state index in [1.807, 2.05) is 36.4 Å². The van der Waals surface area contributed by atoms with Gasteiger partial charge in [-0.05, 0) is 73.4 Å². The Kier molecular flexibility index (Phi) is 6.94. The van der Waals surface area contributed by atoms with Crippen LogP contribution in [0.4, 0.5) is 4.79 Å². The summed E-state index contributed by atoms with van der Waals surface area (Å²) in [5.74, 6) is -1.22. The molecule has 6 nitrogen and oxygen atoms in total. The number of amides is 1. The number of carbonyl (C=O) groups is 3. The highest BCUT2D eigenvalue weighted by molar-refractivity contribution is 9.10. The molecule has 0 spiro atoms. The van der Waals surface area contributed by atoms with Crippen LogP contribution in [-0.4, -0.2) is 36.1 Å². The highest BCUT2D eigenvalue weighted by atomic mass is 79.9. The van der Waals surface area contributed by atoms with Crippen LogP contribution in [0.5, 0.6) is 0 Å². The van der Waals surface area contributed by atoms with Crippen molar-refractivity contribution in [2.45, 2.75) is 51.7 Å². The number of ether oxygens (including phenoxy) is 2. The van der Waals surface area contributed by atoms with Crippen LogP contribution in [0.15, 0.2) is 53.0 Å². The highest BCUT2D eigenvalue weighted by Crippen LogP contribution is 2.29. The summed E-state index contributed by atoms with van der Waals surface area (Å²) in [6, 6.07) is 15.3. The van der Waals surface area contributed by atoms with E-state index in [9.17, 15) is 14.4 Å². The lowest BCUT2D eigenvalue weighted by Crippen LogP contribution is -2.43. The van der Waals surface area contributed by atoms with Gasteiger partial charge in [-0.2, -0.15) is 0 Å². The number of rotatable bonds is 5. The first-order chi connectivity index (χ1) is 16.1. The third kappa shape index (κ3) is 5.58. The van der Waals surface area contributed by atoms with Crippen LogP contribution in [0.2, 0.25) is 0 Å². The molecule has 34 heavy (non-hydrogen) atoms. The maximum atomic E-state index is 12.8. The van der Waals surface area contributed by atoms with Gasteiger partial charge in [-0.15, -0.1) is 0 Å². The SMILES string of the molecule is CC(C)(C)OC(=O)NC1CCCC1C(=O)OCC(=O)c1ccc2c(ccc3cc(Br)ccc32)c1. The second kappa shape index (κ2) is 9.74. The van der Waals surface area contributed by atoms with Gasteiger partial charge < -0.3 is 14.8 Å². The second-order valence-electron chi connectivity index (χ2n) is 9.69. The maximum absolute atomic E-state index is 12.8. The summed E-state index contributed by atoms with van der Waals surface area (Å²) in [6.07, 6.45) is 1.52. The van der Waals surface area contributed by atoms with E-state index in [4.69, 9.17) is 9.47 Å². The molecule has 7 heteroatoms. The minimum atomic E-state index is -0.617. The van der Waals surface area contributed by atoms with Crippen LogP contribution >= 0.6 is 15.9 Å². The smallest absolute Gasteiger partial charge is 0.407 e. The van der Waals surface area contributed by atoms with Crippen molar-refractivity contribution in [2.24, 2.45) is 5.92 Å². The van der Waals surface area contributed by atoms with E-state index < -0.39 is 23.6 Å². The molecule has 1 fully saturated rings. The van der Waals surface area contributed by atoms with Crippen molar-refractivity contribution in [1.29, 1.82) is 0 Å². The van der Waals surface area contributed by atoms with Crippen LogP contribution in [0, 0.1) is 5.92 Å². The molecule has 2 unspecified atom stereocenters. The van der Waals surface area contributed by atoms with Crippen molar-refractivity contribution in [3.05, 3.63) is 58.6 Å². The van der Waals surface area contributed by atoms with Crippen LogP contribution in [-0.2, 0) is 14.3 Å². The molecule has 0 saturated heterocycles. The number of alkyl carbamates (subject to hydrolysis) is 1. The number of hydrogen-bond donors (Lipinski definition) is 1. The van der Waals surface area contributed by atoms with Gasteiger partial charge in [0.25, 0.3) is 0 Å². The number of esters is 1. The Bertz CT molecular complexity index is 1260. The average molecular weight is 526 g/mol. The average Bonchev–Trinajstić information content (AvgIpc) is 3.23. The standard InChI is InChI=1S/C27H28BrNO5/c1-27(2,3)34-26(32)29-23-6-4-5-22(23)25(31)33-15-24(30)18-9-11-20-16(13-18)7-8-17-14-19(28)10-12-21(17)20/h7-14,22-23H,4-6,15H2,1-3H3,(H,29,32). The van der Waals surface area contributed by atoms with Crippen molar-refractivity contribution in [3.8, 4) is 0 Å². The van der Waals surface area contributed by atoms with E-state index in [0.29, 0.717) is 18.4 Å². The molecular weight excluding hydrogens is 498 g/mol. The molecule has 1 aliphatic rings. The monoisotopic (exact) mass is 525 g/mol. The summed E-state index contributed by atoms with van der Waals surface area (Å²) < 4.78 is 11.7. The zero-order chi connectivity index (χ0) is 24.5. The largest absolute Gasteiger partial charge is 0.457 e. The van der Waals surface area contributed by atoms with Crippen molar-refractivity contribution in [1.82, 2.24) is 5.32 Å². The zero-order valence-corrected chi connectivity index (χ0v) is 21.1. The van der Waals surface area contributed by atoms with Gasteiger partial charge in [0.15, 0.2) is 12.4 Å². The first kappa shape index (κ1) is 24.2. The van der Waals surface area contributed by atoms with Crippen LogP contribution in [0.3, 0.4) is 0 Å². The molecule has 0 radical (unpaired) electrons. The Morgan fingerprint density at radius 1 is 0.971 bits per heavy atom. The predicted octanol–water partition coefficient (Wildman–Crippen LogP) is 6.17. The Hall–Kier alpha value is -2.93. The maximum Gasteiger partial charge on any atom is 0.407 e. The molecule has 0 heterocycles. The third-order valence-electron chi connectivity index (χ3n) is 5.99. The van der Waals surface area contributed by atoms with Gasteiger partial charge in [0.1, 0.15) is 5.60 Å². The molecule has 1 aliphatic carbocycles. The van der Waals surface area contributed by atoms with Gasteiger partial charge >= 0.3 is 12.1 Å². The predicted molar refractivity (Wildman–Crippen MR) is 135 cm³/mol. The van der Waals surface area contributed by atoms with Gasteiger partial charge in [0, 0.05) is 16.1 Å². The lowest BCUT2D eigenvalue weighted by Gasteiger charge is -2.24. The quantitative estimate of drug-likeness (QED) is 0.244. The Labute approximate surface area is 207 Å². The lowest BCUT2D eigenvalue weighted by atomic mass is 9.99. The number of benzene rings is 3. The minimum Gasteiger partial charge on any atom is -0.457 e. The fourth-order valence-electron chi connectivity index (χ4n) is 4.42. The first-order valence-corrected chi connectivity index (χ1v) is 12.2. The van der Waals surface area contributed by atoms with Gasteiger partial charge in [-0.3, -0.25) is 9.59 Å². The number of ketones is 1. The Morgan fingerprint density at radius 3 is 2.35 bits per heavy atom. The molecule has 3 aromatic carbocycles. The van der Waals surface area contributed by atoms with Crippen LogP contribution in [0.1, 0.15) is 50.4 Å². The molecule has 0 aliphatic heterocycles. The Balaban J connectivity index is 1.39. The molecule has 3 aromatic rings. The summed E-state index contributed by atoms with van der Waals surface area (Å²) in [4.78, 5) is 37.5. The summed E-state index contributed by atoms with van der Waals surface area (Å²) in [5.41, 5.74) is -0.125. The summed E-state index contributed by atoms with van der Waals surface area (Å²) in [6.45, 7) is 5.02. The number of halogens is 1. The lowest BCUT2D eigenvalue weighted by molar-refractivity contribution is -0.147. The molecular formula is C27H28BrNO5. The molecule has 178 valence electrons. The molecule has 1 N–H and O–H groups in total. The van der Waals surface area contributed by atoms with E-state index in [1.54, 1.807) is 26.8 Å². The van der Waals surface area contributed by atoms with E-state index in [-0.39, 0.29) is 18.4 Å². The molecule has 0 aromatic heterocycles. The summed E-state index contributed by atoms with van der Waals surface area (Å²) in [5, 5.41) is 7.00. The molecule has 4 rings (SSSR count). The Morgan fingerprint density at radius 2 is 1.65 bits per heavy atom. The second-order valence-corrected chi connectivity index (χ2v) is 10.6. The fraction of sp³-hybridized carbons (Fsp3) is 0.370. The van der Waals surface area contributed by atoms with Gasteiger partial charge in [0.2, 0.25) is 0 Å². The van der Waals surface area contributed by atoms with Crippen molar-refractivity contribution < 1.29 is 23.9 Å². The fourth-order valence-corrected chi connectivity index (χ4v) is 4.80. The minimum absolute atomic E-state index is 0.263. The molecule has 0 bridgehead atoms. The normalized spacial score (nSPS) is 18.1. The van der Waals surface area contributed by atoms with E-state index in [2.05, 4.69) is 27.3 Å². The van der Waals surface area contributed by atoms with Crippen LogP contribution in [0.25, 0.3) is 21.5 Å². The molecule has 2 atom stereocenters. The van der Waals surface area contributed by atoms with Crippen molar-refractivity contribution in [3.63, 3.8) is 0 Å². The third-order valence-corrected chi connectivity index (χ3v) is 6.48. The number of nitrogens with one attached hydrogen (secondary N) is 1. The number of carbonyl (C=O) groups excluding carboxylic acids is 3.